The van der Waals surface area contributed by atoms with Gasteiger partial charge in [0.1, 0.15) is 0 Å². The lowest BCUT2D eigenvalue weighted by atomic mass is 10.2. The zero-order valence-electron chi connectivity index (χ0n) is 18.8. The number of benzene rings is 1. The first-order valence-electron chi connectivity index (χ1n) is 11.0. The Bertz CT molecular complexity index is 764. The van der Waals surface area contributed by atoms with E-state index in [4.69, 9.17) is 10.8 Å². The SMILES string of the molecule is Nc1ccccc1NC(=O)CCCCCNC(=O)CSSCC(=O)NCCCCCC(=O)O. The molecule has 0 aliphatic rings. The smallest absolute Gasteiger partial charge is 0.303 e. The summed E-state index contributed by atoms with van der Waals surface area (Å²) >= 11 is 0. The quantitative estimate of drug-likeness (QED) is 0.118. The minimum atomic E-state index is -0.800. The number of carbonyl (C=O) groups excluding carboxylic acids is 3. The summed E-state index contributed by atoms with van der Waals surface area (Å²) < 4.78 is 0. The van der Waals surface area contributed by atoms with E-state index in [-0.39, 0.29) is 35.6 Å². The van der Waals surface area contributed by atoms with E-state index in [0.717, 1.165) is 32.1 Å². The van der Waals surface area contributed by atoms with E-state index in [1.807, 2.05) is 12.1 Å². The maximum Gasteiger partial charge on any atom is 0.303 e. The Balaban J connectivity index is 1.92. The van der Waals surface area contributed by atoms with Gasteiger partial charge in [-0.2, -0.15) is 0 Å². The fourth-order valence-electron chi connectivity index (χ4n) is 2.74. The number of hydrogen-bond acceptors (Lipinski definition) is 7. The van der Waals surface area contributed by atoms with Gasteiger partial charge < -0.3 is 26.8 Å². The number of rotatable bonds is 18. The summed E-state index contributed by atoms with van der Waals surface area (Å²) in [5.41, 5.74) is 6.96. The third-order valence-electron chi connectivity index (χ3n) is 4.49. The monoisotopic (exact) mass is 498 g/mol. The molecule has 0 aliphatic carbocycles. The Hall–Kier alpha value is -2.40. The van der Waals surface area contributed by atoms with Crippen LogP contribution in [0, 0.1) is 0 Å². The molecule has 184 valence electrons. The average molecular weight is 499 g/mol. The van der Waals surface area contributed by atoms with Crippen molar-refractivity contribution in [2.24, 2.45) is 0 Å². The van der Waals surface area contributed by atoms with Crippen LogP contribution in [0.5, 0.6) is 0 Å². The van der Waals surface area contributed by atoms with Crippen LogP contribution in [0.15, 0.2) is 24.3 Å². The van der Waals surface area contributed by atoms with Crippen LogP contribution in [0.25, 0.3) is 0 Å². The van der Waals surface area contributed by atoms with Crippen molar-refractivity contribution < 1.29 is 24.3 Å². The molecule has 3 amide bonds. The fraction of sp³-hybridized carbons (Fsp3) is 0.545. The third-order valence-corrected chi connectivity index (χ3v) is 6.62. The molecule has 0 atom stereocenters. The maximum atomic E-state index is 11.9. The van der Waals surface area contributed by atoms with Crippen molar-refractivity contribution in [2.75, 3.05) is 35.6 Å². The number of hydrogen-bond donors (Lipinski definition) is 5. The summed E-state index contributed by atoms with van der Waals surface area (Å²) in [6.45, 7) is 1.09. The molecule has 9 nitrogen and oxygen atoms in total. The number of nitrogen functional groups attached to an aromatic ring is 1. The maximum absolute atomic E-state index is 11.9. The van der Waals surface area contributed by atoms with Gasteiger partial charge in [0, 0.05) is 25.9 Å². The molecular formula is C22H34N4O5S2. The number of nitrogens with two attached hydrogens (primary N) is 1. The standard InChI is InChI=1S/C22H34N4O5S2/c23-17-9-5-6-10-18(17)26-19(27)11-3-1-7-13-24-20(28)15-32-33-16-21(29)25-14-8-2-4-12-22(30)31/h5-6,9-10H,1-4,7-8,11-16,23H2,(H,24,28)(H,25,29)(H,26,27)(H,30,31). The van der Waals surface area contributed by atoms with Gasteiger partial charge in [-0.3, -0.25) is 19.2 Å². The van der Waals surface area contributed by atoms with Crippen LogP contribution in [-0.2, 0) is 19.2 Å². The molecule has 0 aromatic heterocycles. The highest BCUT2D eigenvalue weighted by atomic mass is 33.1. The lowest BCUT2D eigenvalue weighted by molar-refractivity contribution is -0.137. The summed E-state index contributed by atoms with van der Waals surface area (Å²) in [4.78, 5) is 45.8. The third kappa shape index (κ3) is 15.9. The number of carboxylic acid groups (broad SMARTS) is 1. The van der Waals surface area contributed by atoms with Gasteiger partial charge in [0.15, 0.2) is 0 Å². The molecule has 33 heavy (non-hydrogen) atoms. The van der Waals surface area contributed by atoms with Crippen LogP contribution in [0.1, 0.15) is 51.4 Å². The molecule has 0 spiro atoms. The van der Waals surface area contributed by atoms with Crippen LogP contribution < -0.4 is 21.7 Å². The highest BCUT2D eigenvalue weighted by Gasteiger charge is 2.06. The van der Waals surface area contributed by atoms with E-state index in [1.165, 1.54) is 21.6 Å². The molecule has 1 aromatic rings. The number of aliphatic carboxylic acids is 1. The van der Waals surface area contributed by atoms with Gasteiger partial charge in [-0.25, -0.2) is 0 Å². The summed E-state index contributed by atoms with van der Waals surface area (Å²) in [7, 11) is 2.66. The number of carboxylic acids is 1. The van der Waals surface area contributed by atoms with Crippen LogP contribution in [-0.4, -0.2) is 53.4 Å². The normalized spacial score (nSPS) is 10.4. The number of unbranched alkanes of at least 4 members (excludes halogenated alkanes) is 4. The van der Waals surface area contributed by atoms with Crippen LogP contribution in [0.3, 0.4) is 0 Å². The largest absolute Gasteiger partial charge is 0.481 e. The Morgan fingerprint density at radius 1 is 0.758 bits per heavy atom. The first-order chi connectivity index (χ1) is 15.9. The van der Waals surface area contributed by atoms with E-state index >= 15 is 0 Å². The van der Waals surface area contributed by atoms with Crippen molar-refractivity contribution in [1.29, 1.82) is 0 Å². The summed E-state index contributed by atoms with van der Waals surface area (Å²) in [5, 5.41) is 17.0. The molecule has 1 aromatic carbocycles. The minimum absolute atomic E-state index is 0.0763. The number of amides is 3. The summed E-state index contributed by atoms with van der Waals surface area (Å²) in [6.07, 6.45) is 5.05. The van der Waals surface area contributed by atoms with E-state index in [1.54, 1.807) is 12.1 Å². The Morgan fingerprint density at radius 3 is 1.85 bits per heavy atom. The Labute approximate surface area is 202 Å². The number of carbonyl (C=O) groups is 4. The fourth-order valence-corrected chi connectivity index (χ4v) is 4.46. The van der Waals surface area contributed by atoms with Crippen molar-refractivity contribution in [3.05, 3.63) is 24.3 Å². The van der Waals surface area contributed by atoms with Crippen LogP contribution in [0.4, 0.5) is 11.4 Å². The summed E-state index contributed by atoms with van der Waals surface area (Å²) in [6, 6.07) is 7.12. The molecule has 0 radical (unpaired) electrons. The molecule has 6 N–H and O–H groups in total. The van der Waals surface area contributed by atoms with Gasteiger partial charge in [-0.05, 0) is 37.8 Å². The van der Waals surface area contributed by atoms with Crippen LogP contribution >= 0.6 is 21.6 Å². The summed E-state index contributed by atoms with van der Waals surface area (Å²) in [5.74, 6) is -0.509. The van der Waals surface area contributed by atoms with Crippen molar-refractivity contribution in [3.63, 3.8) is 0 Å². The highest BCUT2D eigenvalue weighted by molar-refractivity contribution is 8.77. The lowest BCUT2D eigenvalue weighted by Gasteiger charge is -2.08. The first-order valence-corrected chi connectivity index (χ1v) is 13.5. The average Bonchev–Trinajstić information content (AvgIpc) is 2.77. The van der Waals surface area contributed by atoms with Crippen molar-refractivity contribution >= 4 is 56.7 Å². The molecular weight excluding hydrogens is 464 g/mol. The highest BCUT2D eigenvalue weighted by Crippen LogP contribution is 2.20. The molecule has 1 rings (SSSR count). The van der Waals surface area contributed by atoms with E-state index in [0.29, 0.717) is 37.3 Å². The van der Waals surface area contributed by atoms with Crippen molar-refractivity contribution in [3.8, 4) is 0 Å². The number of nitrogens with one attached hydrogen (secondary N) is 3. The molecule has 0 saturated heterocycles. The van der Waals surface area contributed by atoms with E-state index < -0.39 is 5.97 Å². The Morgan fingerprint density at radius 2 is 1.30 bits per heavy atom. The molecule has 0 heterocycles. The molecule has 0 bridgehead atoms. The molecule has 11 heteroatoms. The van der Waals surface area contributed by atoms with Gasteiger partial charge in [0.25, 0.3) is 0 Å². The van der Waals surface area contributed by atoms with Crippen molar-refractivity contribution in [2.45, 2.75) is 51.4 Å². The minimum Gasteiger partial charge on any atom is -0.481 e. The Kier molecular flexibility index (Phi) is 15.7. The molecule has 0 aliphatic heterocycles. The molecule has 0 saturated carbocycles. The van der Waals surface area contributed by atoms with Gasteiger partial charge in [0.05, 0.1) is 22.9 Å². The van der Waals surface area contributed by atoms with Crippen molar-refractivity contribution in [1.82, 2.24) is 10.6 Å². The zero-order valence-corrected chi connectivity index (χ0v) is 20.4. The lowest BCUT2D eigenvalue weighted by Crippen LogP contribution is -2.27. The van der Waals surface area contributed by atoms with Gasteiger partial charge in [-0.1, -0.05) is 46.6 Å². The van der Waals surface area contributed by atoms with E-state index in [2.05, 4.69) is 16.0 Å². The van der Waals surface area contributed by atoms with E-state index in [9.17, 15) is 19.2 Å². The first kappa shape index (κ1) is 28.6. The topological polar surface area (TPSA) is 151 Å². The molecule has 0 unspecified atom stereocenters. The second-order valence-corrected chi connectivity index (χ2v) is 9.84. The van der Waals surface area contributed by atoms with Crippen LogP contribution in [0.2, 0.25) is 0 Å². The van der Waals surface area contributed by atoms with Gasteiger partial charge in [-0.15, -0.1) is 0 Å². The van der Waals surface area contributed by atoms with Gasteiger partial charge in [0.2, 0.25) is 17.7 Å². The number of para-hydroxylation sites is 2. The number of anilines is 2. The zero-order chi connectivity index (χ0) is 24.3. The predicted molar refractivity (Wildman–Crippen MR) is 135 cm³/mol. The molecule has 0 fully saturated rings. The second-order valence-electron chi connectivity index (χ2n) is 7.37. The second kappa shape index (κ2) is 18.1. The van der Waals surface area contributed by atoms with Gasteiger partial charge >= 0.3 is 5.97 Å². The predicted octanol–water partition coefficient (Wildman–Crippen LogP) is 3.03.